The minimum absolute atomic E-state index is 0.254. The van der Waals surface area contributed by atoms with Gasteiger partial charge in [0.15, 0.2) is 0 Å². The zero-order valence-electron chi connectivity index (χ0n) is 14.4. The number of aryl methyl sites for hydroxylation is 2. The quantitative estimate of drug-likeness (QED) is 0.509. The van der Waals surface area contributed by atoms with Gasteiger partial charge in [-0.25, -0.2) is 9.67 Å². The van der Waals surface area contributed by atoms with Crippen LogP contribution >= 0.6 is 34.5 Å². The van der Waals surface area contributed by atoms with Crippen molar-refractivity contribution in [2.75, 3.05) is 0 Å². The van der Waals surface area contributed by atoms with Gasteiger partial charge in [0.05, 0.1) is 44.3 Å². The molecule has 28 heavy (non-hydrogen) atoms. The minimum atomic E-state index is -0.999. The molecule has 0 radical (unpaired) electrons. The summed E-state index contributed by atoms with van der Waals surface area (Å²) in [5.74, 6) is -0.999. The van der Waals surface area contributed by atoms with Crippen LogP contribution in [0.4, 0.5) is 0 Å². The number of nitrogens with zero attached hydrogens (tertiary/aromatic N) is 3. The lowest BCUT2D eigenvalue weighted by molar-refractivity contribution is -0.136. The smallest absolute Gasteiger partial charge is 0.309 e. The first-order valence-corrected chi connectivity index (χ1v) is 9.94. The van der Waals surface area contributed by atoms with Gasteiger partial charge in [0.2, 0.25) is 0 Å². The molecule has 0 amide bonds. The SMILES string of the molecule is O=C(O)Cc1nn(CCc2nc3cc(Cl)cc(Cl)c3s2)c(=O)c2ccccc12. The first-order chi connectivity index (χ1) is 13.4. The second kappa shape index (κ2) is 7.50. The summed E-state index contributed by atoms with van der Waals surface area (Å²) >= 11 is 13.7. The van der Waals surface area contributed by atoms with E-state index in [-0.39, 0.29) is 18.5 Å². The molecule has 4 aromatic rings. The summed E-state index contributed by atoms with van der Waals surface area (Å²) in [7, 11) is 0. The molecule has 0 aliphatic carbocycles. The standard InChI is InChI=1S/C19H13Cl2N3O3S/c20-10-7-13(21)18-15(8-10)22-16(28-18)5-6-24-19(27)12-4-2-1-3-11(12)14(23-24)9-17(25)26/h1-4,7-8H,5-6,9H2,(H,25,26). The second-order valence-electron chi connectivity index (χ2n) is 6.18. The molecule has 0 atom stereocenters. The van der Waals surface area contributed by atoms with Crippen molar-refractivity contribution in [2.45, 2.75) is 19.4 Å². The number of aliphatic carboxylic acids is 1. The van der Waals surface area contributed by atoms with Crippen LogP contribution in [0.1, 0.15) is 10.7 Å². The number of carboxylic acids is 1. The Kier molecular flexibility index (Phi) is 5.05. The van der Waals surface area contributed by atoms with Crippen LogP contribution in [0.3, 0.4) is 0 Å². The predicted octanol–water partition coefficient (Wildman–Crippen LogP) is 4.18. The molecule has 0 unspecified atom stereocenters. The molecule has 9 heteroatoms. The third kappa shape index (κ3) is 3.61. The lowest BCUT2D eigenvalue weighted by atomic mass is 10.1. The van der Waals surface area contributed by atoms with E-state index in [1.807, 2.05) is 0 Å². The van der Waals surface area contributed by atoms with E-state index in [1.54, 1.807) is 36.4 Å². The van der Waals surface area contributed by atoms with Crippen LogP contribution in [-0.4, -0.2) is 25.8 Å². The summed E-state index contributed by atoms with van der Waals surface area (Å²) in [6.07, 6.45) is 0.209. The van der Waals surface area contributed by atoms with E-state index in [4.69, 9.17) is 28.3 Å². The molecule has 1 N–H and O–H groups in total. The molecule has 0 saturated carbocycles. The molecular weight excluding hydrogens is 421 g/mol. The van der Waals surface area contributed by atoms with E-state index in [2.05, 4.69) is 10.1 Å². The second-order valence-corrected chi connectivity index (χ2v) is 8.11. The van der Waals surface area contributed by atoms with Crippen LogP contribution in [-0.2, 0) is 24.2 Å². The molecule has 6 nitrogen and oxygen atoms in total. The first-order valence-electron chi connectivity index (χ1n) is 8.37. The Morgan fingerprint density at radius 3 is 2.68 bits per heavy atom. The monoisotopic (exact) mass is 433 g/mol. The van der Waals surface area contributed by atoms with Gasteiger partial charge in [-0.3, -0.25) is 9.59 Å². The van der Waals surface area contributed by atoms with Crippen LogP contribution in [0.5, 0.6) is 0 Å². The molecule has 0 aliphatic heterocycles. The Balaban J connectivity index is 1.70. The van der Waals surface area contributed by atoms with Crippen LogP contribution < -0.4 is 5.56 Å². The zero-order chi connectivity index (χ0) is 19.8. The highest BCUT2D eigenvalue weighted by Crippen LogP contribution is 2.32. The van der Waals surface area contributed by atoms with Crippen LogP contribution in [0.15, 0.2) is 41.2 Å². The van der Waals surface area contributed by atoms with Crippen LogP contribution in [0, 0.1) is 0 Å². The summed E-state index contributed by atoms with van der Waals surface area (Å²) in [6.45, 7) is 0.279. The van der Waals surface area contributed by atoms with Gasteiger partial charge in [-0.1, -0.05) is 41.4 Å². The van der Waals surface area contributed by atoms with Gasteiger partial charge < -0.3 is 5.11 Å². The summed E-state index contributed by atoms with van der Waals surface area (Å²) in [4.78, 5) is 28.5. The highest BCUT2D eigenvalue weighted by atomic mass is 35.5. The van der Waals surface area contributed by atoms with Crippen LogP contribution in [0.2, 0.25) is 10.0 Å². The first kappa shape index (κ1) is 18.9. The highest BCUT2D eigenvalue weighted by molar-refractivity contribution is 7.19. The van der Waals surface area contributed by atoms with Gasteiger partial charge in [0.1, 0.15) is 0 Å². The van der Waals surface area contributed by atoms with E-state index in [0.29, 0.717) is 38.4 Å². The normalized spacial score (nSPS) is 11.4. The number of rotatable bonds is 5. The Hall–Kier alpha value is -2.48. The number of carboxylic acid groups (broad SMARTS) is 1. The topological polar surface area (TPSA) is 85.1 Å². The van der Waals surface area contributed by atoms with E-state index < -0.39 is 5.97 Å². The molecule has 4 rings (SSSR count). The molecule has 2 aromatic carbocycles. The van der Waals surface area contributed by atoms with Crippen molar-refractivity contribution in [3.8, 4) is 0 Å². The molecule has 0 saturated heterocycles. The highest BCUT2D eigenvalue weighted by Gasteiger charge is 2.14. The molecule has 2 heterocycles. The Bertz CT molecular complexity index is 1280. The molecule has 0 fully saturated rings. The van der Waals surface area contributed by atoms with Crippen molar-refractivity contribution in [1.29, 1.82) is 0 Å². The van der Waals surface area contributed by atoms with Crippen molar-refractivity contribution < 1.29 is 9.90 Å². The Morgan fingerprint density at radius 1 is 1.18 bits per heavy atom. The molecule has 0 spiro atoms. The number of hydrogen-bond acceptors (Lipinski definition) is 5. The van der Waals surface area contributed by atoms with Gasteiger partial charge in [-0.05, 0) is 18.2 Å². The summed E-state index contributed by atoms with van der Waals surface area (Å²) < 4.78 is 2.15. The molecule has 2 aromatic heterocycles. The zero-order valence-corrected chi connectivity index (χ0v) is 16.7. The third-order valence-corrected chi connectivity index (χ3v) is 6.05. The third-order valence-electron chi connectivity index (χ3n) is 4.25. The Labute approximate surface area is 173 Å². The van der Waals surface area contributed by atoms with Gasteiger partial charge >= 0.3 is 5.97 Å². The summed E-state index contributed by atoms with van der Waals surface area (Å²) in [6, 6.07) is 10.3. The number of halogens is 2. The van der Waals surface area contributed by atoms with E-state index >= 15 is 0 Å². The van der Waals surface area contributed by atoms with Crippen molar-refractivity contribution >= 4 is 61.5 Å². The van der Waals surface area contributed by atoms with E-state index in [0.717, 1.165) is 9.71 Å². The molecule has 142 valence electrons. The number of benzene rings is 2. The van der Waals surface area contributed by atoms with Crippen molar-refractivity contribution in [3.05, 3.63) is 67.5 Å². The molecular formula is C19H13Cl2N3O3S. The number of carbonyl (C=O) groups is 1. The average Bonchev–Trinajstić information content (AvgIpc) is 3.06. The number of thiazole rings is 1. The Morgan fingerprint density at radius 2 is 1.93 bits per heavy atom. The number of aromatic nitrogens is 3. The van der Waals surface area contributed by atoms with E-state index in [1.165, 1.54) is 16.0 Å². The van der Waals surface area contributed by atoms with Crippen molar-refractivity contribution in [1.82, 2.24) is 14.8 Å². The lowest BCUT2D eigenvalue weighted by Crippen LogP contribution is -2.26. The van der Waals surface area contributed by atoms with E-state index in [9.17, 15) is 9.59 Å². The summed E-state index contributed by atoms with van der Waals surface area (Å²) in [5.41, 5.74) is 0.816. The average molecular weight is 434 g/mol. The molecule has 0 aliphatic rings. The predicted molar refractivity (Wildman–Crippen MR) is 111 cm³/mol. The van der Waals surface area contributed by atoms with Crippen molar-refractivity contribution in [2.24, 2.45) is 0 Å². The van der Waals surface area contributed by atoms with Gasteiger partial charge in [0.25, 0.3) is 5.56 Å². The minimum Gasteiger partial charge on any atom is -0.481 e. The van der Waals surface area contributed by atoms with Gasteiger partial charge in [-0.2, -0.15) is 5.10 Å². The maximum absolute atomic E-state index is 12.8. The molecule has 0 bridgehead atoms. The largest absolute Gasteiger partial charge is 0.481 e. The summed E-state index contributed by atoms with van der Waals surface area (Å²) in [5, 5.41) is 16.3. The number of hydrogen-bond donors (Lipinski definition) is 1. The van der Waals surface area contributed by atoms with Gasteiger partial charge in [0, 0.05) is 16.8 Å². The van der Waals surface area contributed by atoms with Crippen molar-refractivity contribution in [3.63, 3.8) is 0 Å². The maximum Gasteiger partial charge on any atom is 0.309 e. The lowest BCUT2D eigenvalue weighted by Gasteiger charge is -2.09. The fourth-order valence-corrected chi connectivity index (χ4v) is 4.58. The van der Waals surface area contributed by atoms with Gasteiger partial charge in [-0.15, -0.1) is 11.3 Å². The maximum atomic E-state index is 12.8. The van der Waals surface area contributed by atoms with Crippen LogP contribution in [0.25, 0.3) is 21.0 Å². The number of fused-ring (bicyclic) bond motifs is 2. The fraction of sp³-hybridized carbons (Fsp3) is 0.158. The fourth-order valence-electron chi connectivity index (χ4n) is 3.04.